The zero-order valence-electron chi connectivity index (χ0n) is 10.9. The van der Waals surface area contributed by atoms with E-state index in [-0.39, 0.29) is 6.04 Å². The van der Waals surface area contributed by atoms with Crippen molar-refractivity contribution in [1.29, 1.82) is 0 Å². The van der Waals surface area contributed by atoms with Crippen LogP contribution in [0.15, 0.2) is 0 Å². The number of piperidine rings is 1. The van der Waals surface area contributed by atoms with E-state index in [2.05, 4.69) is 15.1 Å². The Morgan fingerprint density at radius 2 is 1.78 bits per heavy atom. The van der Waals surface area contributed by atoms with Gasteiger partial charge in [0.15, 0.2) is 0 Å². The Hall–Kier alpha value is -1.50. The topological polar surface area (TPSA) is 71.1 Å². The highest BCUT2D eigenvalue weighted by Gasteiger charge is 2.42. The predicted octanol–water partition coefficient (Wildman–Crippen LogP) is 1.26. The molecule has 0 aromatic rings. The Bertz CT molecular complexity index is 333. The highest BCUT2D eigenvalue weighted by molar-refractivity contribution is 5.71. The molecule has 0 saturated carbocycles. The molecule has 2 saturated heterocycles. The summed E-state index contributed by atoms with van der Waals surface area (Å²) in [6.45, 7) is 7.13. The minimum Gasteiger partial charge on any atom is -0.314 e. The van der Waals surface area contributed by atoms with Crippen molar-refractivity contribution in [2.45, 2.75) is 45.2 Å². The van der Waals surface area contributed by atoms with Gasteiger partial charge in [-0.2, -0.15) is 0 Å². The molecule has 18 heavy (non-hydrogen) atoms. The molecule has 0 aromatic heterocycles. The lowest BCUT2D eigenvalue weighted by atomic mass is 10.1. The largest absolute Gasteiger partial charge is 0.467 e. The Morgan fingerprint density at radius 1 is 1.17 bits per heavy atom. The lowest BCUT2D eigenvalue weighted by molar-refractivity contribution is -0.198. The van der Waals surface area contributed by atoms with Gasteiger partial charge < -0.3 is 5.32 Å². The van der Waals surface area contributed by atoms with Crippen LogP contribution in [0.25, 0.3) is 0 Å². The van der Waals surface area contributed by atoms with Crippen molar-refractivity contribution in [3.05, 3.63) is 0 Å². The molecule has 0 unspecified atom stereocenters. The van der Waals surface area contributed by atoms with Crippen molar-refractivity contribution in [1.82, 2.24) is 15.3 Å². The SMILES string of the molecule is CC(C)(C)NC(=O)OOC(=O)N1C2CCN1CC2. The number of rotatable bonds is 0. The number of hydrogen-bond acceptors (Lipinski definition) is 5. The second-order valence-electron chi connectivity index (χ2n) is 5.62. The summed E-state index contributed by atoms with van der Waals surface area (Å²) in [4.78, 5) is 32.0. The molecule has 2 heterocycles. The van der Waals surface area contributed by atoms with Crippen molar-refractivity contribution in [2.75, 3.05) is 13.1 Å². The third-order valence-corrected chi connectivity index (χ3v) is 2.94. The number of hydrogen-bond donors (Lipinski definition) is 1. The van der Waals surface area contributed by atoms with Crippen LogP contribution in [0.3, 0.4) is 0 Å². The molecule has 2 amide bonds. The maximum atomic E-state index is 11.7. The first kappa shape index (κ1) is 12.9. The van der Waals surface area contributed by atoms with Crippen molar-refractivity contribution >= 4 is 12.2 Å². The zero-order valence-corrected chi connectivity index (χ0v) is 10.9. The van der Waals surface area contributed by atoms with E-state index in [9.17, 15) is 9.59 Å². The molecule has 7 heteroatoms. The minimum absolute atomic E-state index is 0.187. The van der Waals surface area contributed by atoms with Gasteiger partial charge in [0.05, 0.1) is 6.04 Å². The molecule has 0 spiro atoms. The summed E-state index contributed by atoms with van der Waals surface area (Å²) in [5.41, 5.74) is -0.431. The number of amides is 2. The Morgan fingerprint density at radius 3 is 2.22 bits per heavy atom. The Labute approximate surface area is 106 Å². The summed E-state index contributed by atoms with van der Waals surface area (Å²) in [6.07, 6.45) is 0.503. The summed E-state index contributed by atoms with van der Waals surface area (Å²) in [6, 6.07) is 0.187. The van der Waals surface area contributed by atoms with E-state index < -0.39 is 17.7 Å². The van der Waals surface area contributed by atoms with Crippen LogP contribution in [0.4, 0.5) is 9.59 Å². The fraction of sp³-hybridized carbons (Fsp3) is 0.818. The molecule has 0 aromatic carbocycles. The van der Waals surface area contributed by atoms with E-state index in [4.69, 9.17) is 0 Å². The average Bonchev–Trinajstić information content (AvgIpc) is 2.83. The van der Waals surface area contributed by atoms with E-state index in [1.165, 1.54) is 5.01 Å². The van der Waals surface area contributed by atoms with Crippen LogP contribution < -0.4 is 5.32 Å². The summed E-state index contributed by atoms with van der Waals surface area (Å²) in [5, 5.41) is 5.98. The van der Waals surface area contributed by atoms with Crippen molar-refractivity contribution in [3.8, 4) is 0 Å². The molecule has 0 aliphatic carbocycles. The normalized spacial score (nSPS) is 26.1. The van der Waals surface area contributed by atoms with E-state index in [1.807, 2.05) is 25.8 Å². The quantitative estimate of drug-likeness (QED) is 0.522. The van der Waals surface area contributed by atoms with Crippen molar-refractivity contribution in [3.63, 3.8) is 0 Å². The van der Waals surface area contributed by atoms with Crippen LogP contribution >= 0.6 is 0 Å². The highest BCUT2D eigenvalue weighted by atomic mass is 17.2. The molecule has 102 valence electrons. The lowest BCUT2D eigenvalue weighted by Crippen LogP contribution is -2.43. The van der Waals surface area contributed by atoms with Crippen LogP contribution in [-0.4, -0.2) is 46.9 Å². The van der Waals surface area contributed by atoms with Crippen molar-refractivity contribution < 1.29 is 19.4 Å². The molecule has 0 atom stereocenters. The second kappa shape index (κ2) is 4.64. The van der Waals surface area contributed by atoms with Gasteiger partial charge in [0.1, 0.15) is 0 Å². The average molecular weight is 257 g/mol. The Kier molecular flexibility index (Phi) is 3.34. The number of carbonyl (C=O) groups excluding carboxylic acids is 2. The molecule has 2 rings (SSSR count). The number of nitrogens with zero attached hydrogens (tertiary/aromatic N) is 2. The van der Waals surface area contributed by atoms with Gasteiger partial charge in [-0.25, -0.2) is 29.4 Å². The second-order valence-corrected chi connectivity index (χ2v) is 5.62. The number of hydrazine groups is 1. The summed E-state index contributed by atoms with van der Waals surface area (Å²) in [7, 11) is 0. The van der Waals surface area contributed by atoms with E-state index in [0.717, 1.165) is 25.9 Å². The number of nitrogens with one attached hydrogen (secondary N) is 1. The van der Waals surface area contributed by atoms with Gasteiger partial charge >= 0.3 is 12.2 Å². The van der Waals surface area contributed by atoms with E-state index in [1.54, 1.807) is 0 Å². The van der Waals surface area contributed by atoms with Crippen LogP contribution in [0.5, 0.6) is 0 Å². The maximum Gasteiger partial charge on any atom is 0.467 e. The molecule has 7 nitrogen and oxygen atoms in total. The van der Waals surface area contributed by atoms with Crippen LogP contribution in [0.1, 0.15) is 33.6 Å². The van der Waals surface area contributed by atoms with Gasteiger partial charge in [-0.3, -0.25) is 0 Å². The first-order valence-corrected chi connectivity index (χ1v) is 6.11. The standard InChI is InChI=1S/C11H19N3O4/c1-11(2,3)12-9(15)17-18-10(16)14-8-4-6-13(14)7-5-8/h8H,4-7H2,1-3H3,(H,12,15). The first-order chi connectivity index (χ1) is 8.37. The van der Waals surface area contributed by atoms with Gasteiger partial charge in [0.25, 0.3) is 0 Å². The molecule has 1 N–H and O–H groups in total. The maximum absolute atomic E-state index is 11.7. The fourth-order valence-corrected chi connectivity index (χ4v) is 2.25. The van der Waals surface area contributed by atoms with Gasteiger partial charge in [-0.1, -0.05) is 0 Å². The zero-order chi connectivity index (χ0) is 13.3. The van der Waals surface area contributed by atoms with E-state index in [0.29, 0.717) is 0 Å². The van der Waals surface area contributed by atoms with Gasteiger partial charge in [-0.05, 0) is 33.6 Å². The van der Waals surface area contributed by atoms with Crippen LogP contribution in [-0.2, 0) is 9.78 Å². The summed E-state index contributed by atoms with van der Waals surface area (Å²) >= 11 is 0. The molecule has 2 aliphatic rings. The Balaban J connectivity index is 1.77. The minimum atomic E-state index is -0.766. The number of fused-ring (bicyclic) bond motifs is 2. The highest BCUT2D eigenvalue weighted by Crippen LogP contribution is 2.29. The van der Waals surface area contributed by atoms with Crippen LogP contribution in [0.2, 0.25) is 0 Å². The van der Waals surface area contributed by atoms with Gasteiger partial charge in [0, 0.05) is 18.6 Å². The molecular formula is C11H19N3O4. The monoisotopic (exact) mass is 257 g/mol. The predicted molar refractivity (Wildman–Crippen MR) is 62.3 cm³/mol. The summed E-state index contributed by atoms with van der Waals surface area (Å²) < 4.78 is 0. The smallest absolute Gasteiger partial charge is 0.314 e. The van der Waals surface area contributed by atoms with Crippen LogP contribution in [0, 0.1) is 0 Å². The third kappa shape index (κ3) is 2.84. The summed E-state index contributed by atoms with van der Waals surface area (Å²) in [5.74, 6) is 0. The third-order valence-electron chi connectivity index (χ3n) is 2.94. The lowest BCUT2D eigenvalue weighted by Gasteiger charge is -2.22. The first-order valence-electron chi connectivity index (χ1n) is 6.11. The van der Waals surface area contributed by atoms with Gasteiger partial charge in [0.2, 0.25) is 0 Å². The molecular weight excluding hydrogens is 238 g/mol. The molecule has 2 bridgehead atoms. The fourth-order valence-electron chi connectivity index (χ4n) is 2.25. The molecule has 2 aliphatic heterocycles. The van der Waals surface area contributed by atoms with Gasteiger partial charge in [-0.15, -0.1) is 0 Å². The molecule has 0 radical (unpaired) electrons. The molecule has 2 fully saturated rings. The van der Waals surface area contributed by atoms with Crippen molar-refractivity contribution in [2.24, 2.45) is 0 Å². The number of carbonyl (C=O) groups is 2. The van der Waals surface area contributed by atoms with E-state index >= 15 is 0 Å².